The molecule has 0 bridgehead atoms. The molecule has 0 spiro atoms. The molecule has 9 nitrogen and oxygen atoms in total. The average Bonchev–Trinajstić information content (AvgIpc) is 3.29. The standard InChI is InChI=1S/C27H27ClFN5O4/c1-14-9-23-19(13-32(14)25(35)17-5-7-20(28)21(29)10-17)24-26(36)33(12-15(2)34(24)31-23)16(3)18-6-8-22(30-11-18)27(37)38-4/h5-8,10-11,14-16H,9,12-13H2,1-4H3/t14-,15-,16?/m1/s1. The highest BCUT2D eigenvalue weighted by atomic mass is 35.5. The first-order valence-electron chi connectivity index (χ1n) is 12.3. The lowest BCUT2D eigenvalue weighted by molar-refractivity contribution is 0.0570. The quantitative estimate of drug-likeness (QED) is 0.460. The Morgan fingerprint density at radius 2 is 1.95 bits per heavy atom. The van der Waals surface area contributed by atoms with Crippen LogP contribution in [0.15, 0.2) is 36.5 Å². The summed E-state index contributed by atoms with van der Waals surface area (Å²) in [4.78, 5) is 46.5. The van der Waals surface area contributed by atoms with Crippen LogP contribution in [0.3, 0.4) is 0 Å². The average molecular weight is 540 g/mol. The van der Waals surface area contributed by atoms with Crippen molar-refractivity contribution in [1.29, 1.82) is 0 Å². The van der Waals surface area contributed by atoms with Crippen LogP contribution >= 0.6 is 11.6 Å². The normalized spacial score (nSPS) is 19.6. The van der Waals surface area contributed by atoms with E-state index in [1.54, 1.807) is 32.8 Å². The first-order chi connectivity index (χ1) is 18.1. The summed E-state index contributed by atoms with van der Waals surface area (Å²) in [6.45, 7) is 6.44. The summed E-state index contributed by atoms with van der Waals surface area (Å²) in [6.07, 6.45) is 2.05. The lowest BCUT2D eigenvalue weighted by atomic mass is 9.96. The molecule has 2 aliphatic rings. The van der Waals surface area contributed by atoms with Gasteiger partial charge in [0.1, 0.15) is 17.2 Å². The SMILES string of the molecule is COC(=O)c1ccc(C(C)N2C[C@@H](C)n3nc4c(c3C2=O)CN(C(=O)c2ccc(Cl)c(F)c2)[C@H](C)C4)cn1. The van der Waals surface area contributed by atoms with Gasteiger partial charge in [0.2, 0.25) is 0 Å². The van der Waals surface area contributed by atoms with Crippen LogP contribution in [0, 0.1) is 5.82 Å². The number of hydrogen-bond acceptors (Lipinski definition) is 6. The van der Waals surface area contributed by atoms with Gasteiger partial charge in [-0.3, -0.25) is 14.3 Å². The first kappa shape index (κ1) is 25.8. The number of halogens is 2. The van der Waals surface area contributed by atoms with Gasteiger partial charge in [0.25, 0.3) is 11.8 Å². The number of esters is 1. The highest BCUT2D eigenvalue weighted by Gasteiger charge is 2.40. The summed E-state index contributed by atoms with van der Waals surface area (Å²) in [5.74, 6) is -1.72. The fourth-order valence-corrected chi connectivity index (χ4v) is 5.26. The van der Waals surface area contributed by atoms with Gasteiger partial charge in [-0.05, 0) is 50.6 Å². The number of carbonyl (C=O) groups excluding carboxylic acids is 3. The summed E-state index contributed by atoms with van der Waals surface area (Å²) in [5.41, 5.74) is 3.11. The van der Waals surface area contributed by atoms with E-state index < -0.39 is 11.8 Å². The van der Waals surface area contributed by atoms with Crippen molar-refractivity contribution in [2.75, 3.05) is 13.7 Å². The lowest BCUT2D eigenvalue weighted by Crippen LogP contribution is -2.45. The number of methoxy groups -OCH3 is 1. The molecule has 11 heteroatoms. The molecule has 38 heavy (non-hydrogen) atoms. The predicted octanol–water partition coefficient (Wildman–Crippen LogP) is 4.22. The molecule has 0 N–H and O–H groups in total. The van der Waals surface area contributed by atoms with Gasteiger partial charge in [-0.15, -0.1) is 0 Å². The molecule has 3 atom stereocenters. The minimum Gasteiger partial charge on any atom is -0.464 e. The third kappa shape index (κ3) is 4.32. The number of rotatable bonds is 4. The Morgan fingerprint density at radius 1 is 1.18 bits per heavy atom. The maximum atomic E-state index is 14.1. The summed E-state index contributed by atoms with van der Waals surface area (Å²) < 4.78 is 20.5. The van der Waals surface area contributed by atoms with Crippen molar-refractivity contribution < 1.29 is 23.5 Å². The number of carbonyl (C=O) groups is 3. The molecular weight excluding hydrogens is 513 g/mol. The Labute approximate surface area is 224 Å². The van der Waals surface area contributed by atoms with Crippen molar-refractivity contribution >= 4 is 29.4 Å². The fourth-order valence-electron chi connectivity index (χ4n) is 5.15. The molecule has 1 aromatic carbocycles. The second-order valence-corrected chi connectivity index (χ2v) is 10.2. The van der Waals surface area contributed by atoms with Crippen LogP contribution in [0.1, 0.15) is 81.0 Å². The molecule has 4 heterocycles. The maximum Gasteiger partial charge on any atom is 0.356 e. The van der Waals surface area contributed by atoms with Gasteiger partial charge in [-0.2, -0.15) is 5.10 Å². The van der Waals surface area contributed by atoms with Crippen LogP contribution in [0.25, 0.3) is 0 Å². The summed E-state index contributed by atoms with van der Waals surface area (Å²) in [5, 5.41) is 4.71. The molecule has 3 aromatic rings. The number of aromatic nitrogens is 3. The van der Waals surface area contributed by atoms with Crippen molar-refractivity contribution in [2.45, 2.75) is 51.9 Å². The third-order valence-electron chi connectivity index (χ3n) is 7.34. The van der Waals surface area contributed by atoms with E-state index in [1.165, 1.54) is 19.2 Å². The van der Waals surface area contributed by atoms with Crippen LogP contribution in [0.5, 0.6) is 0 Å². The topological polar surface area (TPSA) is 97.6 Å². The molecule has 0 saturated heterocycles. The van der Waals surface area contributed by atoms with E-state index in [2.05, 4.69) is 4.98 Å². The molecule has 0 fully saturated rings. The van der Waals surface area contributed by atoms with Crippen LogP contribution in [-0.2, 0) is 17.7 Å². The minimum absolute atomic E-state index is 0.0508. The zero-order valence-electron chi connectivity index (χ0n) is 21.4. The highest BCUT2D eigenvalue weighted by Crippen LogP contribution is 2.35. The highest BCUT2D eigenvalue weighted by molar-refractivity contribution is 6.30. The zero-order valence-corrected chi connectivity index (χ0v) is 22.2. The van der Waals surface area contributed by atoms with E-state index in [0.29, 0.717) is 24.2 Å². The minimum atomic E-state index is -0.659. The molecule has 198 valence electrons. The van der Waals surface area contributed by atoms with Gasteiger partial charge in [-0.25, -0.2) is 14.2 Å². The molecule has 0 saturated carbocycles. The van der Waals surface area contributed by atoms with Gasteiger partial charge < -0.3 is 14.5 Å². The van der Waals surface area contributed by atoms with Gasteiger partial charge in [0.05, 0.1) is 36.5 Å². The monoisotopic (exact) mass is 539 g/mol. The van der Waals surface area contributed by atoms with Crippen LogP contribution in [0.2, 0.25) is 5.02 Å². The molecule has 5 rings (SSSR count). The Balaban J connectivity index is 1.44. The lowest BCUT2D eigenvalue weighted by Gasteiger charge is -2.37. The molecular formula is C27H27ClFN5O4. The van der Waals surface area contributed by atoms with Gasteiger partial charge in [-0.1, -0.05) is 17.7 Å². The molecule has 0 aliphatic carbocycles. The van der Waals surface area contributed by atoms with Crippen molar-refractivity contribution in [2.24, 2.45) is 0 Å². The van der Waals surface area contributed by atoms with E-state index in [0.717, 1.165) is 17.3 Å². The fraction of sp³-hybridized carbons (Fsp3) is 0.370. The number of hydrogen-bond donors (Lipinski definition) is 0. The van der Waals surface area contributed by atoms with Gasteiger partial charge in [0.15, 0.2) is 0 Å². The Kier molecular flexibility index (Phi) is 6.68. The number of amides is 2. The largest absolute Gasteiger partial charge is 0.464 e. The Bertz CT molecular complexity index is 1440. The van der Waals surface area contributed by atoms with E-state index >= 15 is 0 Å². The summed E-state index contributed by atoms with van der Waals surface area (Å²) in [7, 11) is 1.29. The number of benzene rings is 1. The first-order valence-corrected chi connectivity index (χ1v) is 12.7. The Morgan fingerprint density at radius 3 is 2.61 bits per heavy atom. The van der Waals surface area contributed by atoms with E-state index in [-0.39, 0.29) is 52.8 Å². The van der Waals surface area contributed by atoms with Crippen LogP contribution < -0.4 is 0 Å². The second kappa shape index (κ2) is 9.83. The number of fused-ring (bicyclic) bond motifs is 3. The summed E-state index contributed by atoms with van der Waals surface area (Å²) in [6, 6.07) is 6.73. The number of nitrogens with zero attached hydrogens (tertiary/aromatic N) is 5. The molecule has 1 unspecified atom stereocenters. The van der Waals surface area contributed by atoms with Crippen molar-refractivity contribution in [3.8, 4) is 0 Å². The molecule has 2 aliphatic heterocycles. The van der Waals surface area contributed by atoms with Gasteiger partial charge >= 0.3 is 5.97 Å². The van der Waals surface area contributed by atoms with Gasteiger partial charge in [0, 0.05) is 36.3 Å². The second-order valence-electron chi connectivity index (χ2n) is 9.78. The van der Waals surface area contributed by atoms with Crippen molar-refractivity contribution in [1.82, 2.24) is 24.6 Å². The number of pyridine rings is 1. The molecule has 0 radical (unpaired) electrons. The van der Waals surface area contributed by atoms with E-state index in [1.807, 2.05) is 20.8 Å². The summed E-state index contributed by atoms with van der Waals surface area (Å²) >= 11 is 5.80. The van der Waals surface area contributed by atoms with Crippen LogP contribution in [-0.4, -0.2) is 62.0 Å². The third-order valence-corrected chi connectivity index (χ3v) is 7.65. The van der Waals surface area contributed by atoms with E-state index in [4.69, 9.17) is 21.4 Å². The maximum absolute atomic E-state index is 14.1. The number of ether oxygens (including phenoxy) is 1. The molecule has 2 aromatic heterocycles. The van der Waals surface area contributed by atoms with Crippen LogP contribution in [0.4, 0.5) is 4.39 Å². The predicted molar refractivity (Wildman–Crippen MR) is 136 cm³/mol. The van der Waals surface area contributed by atoms with Crippen molar-refractivity contribution in [3.63, 3.8) is 0 Å². The molecule has 2 amide bonds. The van der Waals surface area contributed by atoms with E-state index in [9.17, 15) is 18.8 Å². The van der Waals surface area contributed by atoms with Crippen molar-refractivity contribution in [3.05, 3.63) is 81.1 Å². The Hall–Kier alpha value is -3.79. The smallest absolute Gasteiger partial charge is 0.356 e. The zero-order chi connectivity index (χ0) is 27.3.